The summed E-state index contributed by atoms with van der Waals surface area (Å²) in [5.74, 6) is -0.311. The Morgan fingerprint density at radius 2 is 2.22 bits per heavy atom. The molecule has 1 aliphatic carbocycles. The number of rotatable bonds is 1. The molecule has 2 aliphatic rings. The summed E-state index contributed by atoms with van der Waals surface area (Å²) in [7, 11) is 0. The minimum Gasteiger partial charge on any atom is -0.458 e. The van der Waals surface area contributed by atoms with Crippen LogP contribution in [0.1, 0.15) is 32.6 Å². The molecular formula is C15H18O3. The fourth-order valence-corrected chi connectivity index (χ4v) is 2.48. The molecule has 0 amide bonds. The topological polar surface area (TPSA) is 43.4 Å². The largest absolute Gasteiger partial charge is 0.458 e. The minimum atomic E-state index is -0.319. The van der Waals surface area contributed by atoms with Gasteiger partial charge in [-0.3, -0.25) is 4.79 Å². The Balaban J connectivity index is 2.27. The highest BCUT2D eigenvalue weighted by molar-refractivity contribution is 5.91. The third-order valence-corrected chi connectivity index (χ3v) is 3.67. The van der Waals surface area contributed by atoms with Crippen molar-refractivity contribution in [3.05, 3.63) is 35.5 Å². The van der Waals surface area contributed by atoms with Crippen LogP contribution in [0.5, 0.6) is 0 Å². The molecule has 3 heteroatoms. The molecule has 0 spiro atoms. The molecule has 96 valence electrons. The maximum absolute atomic E-state index is 11.6. The van der Waals surface area contributed by atoms with Crippen LogP contribution in [0.3, 0.4) is 0 Å². The SMILES string of the molecule is C=C1C(=O)O[C@H]2C/C(C=O)=C\CC/C(C)=C\C[C@H]12. The lowest BCUT2D eigenvalue weighted by Crippen LogP contribution is -2.18. The first-order valence-corrected chi connectivity index (χ1v) is 6.31. The maximum atomic E-state index is 11.6. The number of esters is 1. The zero-order chi connectivity index (χ0) is 13.1. The van der Waals surface area contributed by atoms with Gasteiger partial charge < -0.3 is 4.74 Å². The molecule has 0 aromatic carbocycles. The van der Waals surface area contributed by atoms with Gasteiger partial charge >= 0.3 is 5.97 Å². The molecule has 0 bridgehead atoms. The third-order valence-electron chi connectivity index (χ3n) is 3.67. The molecule has 1 fully saturated rings. The van der Waals surface area contributed by atoms with Crippen molar-refractivity contribution in [2.45, 2.75) is 38.7 Å². The Hall–Kier alpha value is -1.64. The van der Waals surface area contributed by atoms with Gasteiger partial charge in [-0.05, 0) is 31.8 Å². The van der Waals surface area contributed by atoms with Gasteiger partial charge in [-0.15, -0.1) is 0 Å². The highest BCUT2D eigenvalue weighted by atomic mass is 16.6. The Kier molecular flexibility index (Phi) is 3.80. The van der Waals surface area contributed by atoms with Gasteiger partial charge in [0.05, 0.1) is 0 Å². The standard InChI is InChI=1S/C15H18O3/c1-10-4-3-5-12(9-16)8-14-13(7-6-10)11(2)15(17)18-14/h5-6,9,13-14H,2-4,7-8H2,1H3/b10-6-,12-5+/t13-,14+/m1/s1. The number of carbonyl (C=O) groups is 2. The molecule has 0 aromatic heterocycles. The van der Waals surface area contributed by atoms with Gasteiger partial charge in [0, 0.05) is 17.9 Å². The van der Waals surface area contributed by atoms with Crippen LogP contribution in [0.4, 0.5) is 0 Å². The average molecular weight is 246 g/mol. The number of hydrogen-bond acceptors (Lipinski definition) is 3. The summed E-state index contributed by atoms with van der Waals surface area (Å²) < 4.78 is 5.31. The quantitative estimate of drug-likeness (QED) is 0.309. The number of carbonyl (C=O) groups excluding carboxylic acids is 2. The van der Waals surface area contributed by atoms with Gasteiger partial charge in [-0.25, -0.2) is 4.79 Å². The number of hydrogen-bond donors (Lipinski definition) is 0. The van der Waals surface area contributed by atoms with E-state index in [9.17, 15) is 9.59 Å². The molecule has 1 heterocycles. The zero-order valence-electron chi connectivity index (χ0n) is 10.6. The third kappa shape index (κ3) is 2.61. The van der Waals surface area contributed by atoms with Crippen molar-refractivity contribution in [1.82, 2.24) is 0 Å². The van der Waals surface area contributed by atoms with E-state index in [4.69, 9.17) is 4.74 Å². The monoisotopic (exact) mass is 246 g/mol. The maximum Gasteiger partial charge on any atom is 0.334 e. The summed E-state index contributed by atoms with van der Waals surface area (Å²) in [6, 6.07) is 0. The Morgan fingerprint density at radius 3 is 2.94 bits per heavy atom. The van der Waals surface area contributed by atoms with Gasteiger partial charge in [0.2, 0.25) is 0 Å². The summed E-state index contributed by atoms with van der Waals surface area (Å²) in [6.07, 6.45) is 7.83. The second-order valence-corrected chi connectivity index (χ2v) is 5.00. The van der Waals surface area contributed by atoms with E-state index in [1.165, 1.54) is 5.57 Å². The van der Waals surface area contributed by atoms with Gasteiger partial charge in [-0.2, -0.15) is 0 Å². The van der Waals surface area contributed by atoms with E-state index in [2.05, 4.69) is 19.6 Å². The molecule has 0 unspecified atom stereocenters. The molecule has 18 heavy (non-hydrogen) atoms. The Morgan fingerprint density at radius 1 is 1.44 bits per heavy atom. The second-order valence-electron chi connectivity index (χ2n) is 5.00. The predicted molar refractivity (Wildman–Crippen MR) is 68.9 cm³/mol. The molecule has 3 nitrogen and oxygen atoms in total. The van der Waals surface area contributed by atoms with Crippen molar-refractivity contribution in [3.8, 4) is 0 Å². The van der Waals surface area contributed by atoms with Gasteiger partial charge in [-0.1, -0.05) is 24.3 Å². The van der Waals surface area contributed by atoms with E-state index in [0.29, 0.717) is 12.0 Å². The van der Waals surface area contributed by atoms with Gasteiger partial charge in [0.15, 0.2) is 0 Å². The van der Waals surface area contributed by atoms with Crippen molar-refractivity contribution in [2.24, 2.45) is 5.92 Å². The zero-order valence-corrected chi connectivity index (χ0v) is 10.6. The summed E-state index contributed by atoms with van der Waals surface area (Å²) in [5.41, 5.74) is 2.54. The van der Waals surface area contributed by atoms with E-state index in [1.807, 2.05) is 6.08 Å². The molecule has 1 saturated heterocycles. The molecule has 1 aliphatic heterocycles. The highest BCUT2D eigenvalue weighted by Gasteiger charge is 2.38. The molecule has 2 rings (SSSR count). The normalized spacial score (nSPS) is 34.7. The molecule has 0 saturated carbocycles. The van der Waals surface area contributed by atoms with Crippen LogP contribution in [0.15, 0.2) is 35.5 Å². The van der Waals surface area contributed by atoms with Crippen LogP contribution in [0, 0.1) is 5.92 Å². The first kappa shape index (κ1) is 12.8. The van der Waals surface area contributed by atoms with Crippen LogP contribution < -0.4 is 0 Å². The first-order valence-electron chi connectivity index (χ1n) is 6.31. The molecular weight excluding hydrogens is 228 g/mol. The number of aldehydes is 1. The molecule has 0 N–H and O–H groups in total. The number of fused-ring (bicyclic) bond motifs is 1. The first-order chi connectivity index (χ1) is 8.61. The van der Waals surface area contributed by atoms with E-state index in [1.54, 1.807) is 0 Å². The summed E-state index contributed by atoms with van der Waals surface area (Å²) in [4.78, 5) is 22.6. The Bertz CT molecular complexity index is 443. The van der Waals surface area contributed by atoms with Crippen LogP contribution in [-0.2, 0) is 14.3 Å². The summed E-state index contributed by atoms with van der Waals surface area (Å²) in [5, 5.41) is 0. The van der Waals surface area contributed by atoms with Crippen LogP contribution in [-0.4, -0.2) is 18.4 Å². The minimum absolute atomic E-state index is 0.00824. The van der Waals surface area contributed by atoms with Crippen molar-refractivity contribution >= 4 is 12.3 Å². The molecule has 0 radical (unpaired) electrons. The smallest absolute Gasteiger partial charge is 0.334 e. The van der Waals surface area contributed by atoms with Crippen molar-refractivity contribution < 1.29 is 14.3 Å². The number of ether oxygens (including phenoxy) is 1. The van der Waals surface area contributed by atoms with Crippen LogP contribution >= 0.6 is 0 Å². The average Bonchev–Trinajstić information content (AvgIpc) is 2.61. The van der Waals surface area contributed by atoms with E-state index < -0.39 is 0 Å². The highest BCUT2D eigenvalue weighted by Crippen LogP contribution is 2.34. The summed E-state index contributed by atoms with van der Waals surface area (Å²) in [6.45, 7) is 5.89. The predicted octanol–water partition coefficient (Wildman–Crippen LogP) is 2.73. The fraction of sp³-hybridized carbons (Fsp3) is 0.467. The van der Waals surface area contributed by atoms with E-state index in [0.717, 1.165) is 31.1 Å². The second kappa shape index (κ2) is 5.34. The van der Waals surface area contributed by atoms with Crippen LogP contribution in [0.25, 0.3) is 0 Å². The van der Waals surface area contributed by atoms with Crippen molar-refractivity contribution in [1.29, 1.82) is 0 Å². The van der Waals surface area contributed by atoms with Crippen LogP contribution in [0.2, 0.25) is 0 Å². The molecule has 2 atom stereocenters. The lowest BCUT2D eigenvalue weighted by atomic mass is 9.88. The Labute approximate surface area is 107 Å². The van der Waals surface area contributed by atoms with Gasteiger partial charge in [0.1, 0.15) is 12.4 Å². The van der Waals surface area contributed by atoms with Crippen molar-refractivity contribution in [3.63, 3.8) is 0 Å². The number of allylic oxidation sites excluding steroid dienone is 3. The fourth-order valence-electron chi connectivity index (χ4n) is 2.48. The van der Waals surface area contributed by atoms with E-state index in [-0.39, 0.29) is 18.0 Å². The van der Waals surface area contributed by atoms with Gasteiger partial charge in [0.25, 0.3) is 0 Å². The molecule has 0 aromatic rings. The summed E-state index contributed by atoms with van der Waals surface area (Å²) >= 11 is 0. The lowest BCUT2D eigenvalue weighted by Gasteiger charge is -2.17. The van der Waals surface area contributed by atoms with E-state index >= 15 is 0 Å². The van der Waals surface area contributed by atoms with Crippen molar-refractivity contribution in [2.75, 3.05) is 0 Å². The lowest BCUT2D eigenvalue weighted by molar-refractivity contribution is -0.139.